The first-order valence-electron chi connectivity index (χ1n) is 5.85. The molecule has 3 N–H and O–H groups in total. The number of rotatable bonds is 7. The van der Waals surface area contributed by atoms with E-state index in [2.05, 4.69) is 12.2 Å². The van der Waals surface area contributed by atoms with Crippen molar-refractivity contribution in [2.24, 2.45) is 17.6 Å². The topological polar surface area (TPSA) is 47.3 Å². The quantitative estimate of drug-likeness (QED) is 0.644. The average molecular weight is 200 g/mol. The van der Waals surface area contributed by atoms with Crippen LogP contribution < -0.4 is 11.1 Å². The van der Waals surface area contributed by atoms with Crippen molar-refractivity contribution >= 4 is 0 Å². The number of hydrogen-bond acceptors (Lipinski definition) is 3. The molecule has 0 bridgehead atoms. The van der Waals surface area contributed by atoms with Crippen molar-refractivity contribution in [1.29, 1.82) is 0 Å². The predicted octanol–water partition coefficient (Wildman–Crippen LogP) is 0.987. The van der Waals surface area contributed by atoms with E-state index in [4.69, 9.17) is 10.5 Å². The van der Waals surface area contributed by atoms with E-state index in [1.165, 1.54) is 19.3 Å². The minimum absolute atomic E-state index is 0.655. The molecule has 1 saturated heterocycles. The molecule has 1 rings (SSSR count). The Labute approximate surface area is 87.4 Å². The number of nitrogens with two attached hydrogens (primary N) is 1. The molecule has 1 fully saturated rings. The van der Waals surface area contributed by atoms with Crippen molar-refractivity contribution in [3.8, 4) is 0 Å². The van der Waals surface area contributed by atoms with Gasteiger partial charge in [-0.25, -0.2) is 0 Å². The van der Waals surface area contributed by atoms with Gasteiger partial charge >= 0.3 is 0 Å². The molecular weight excluding hydrogens is 176 g/mol. The van der Waals surface area contributed by atoms with Gasteiger partial charge in [0, 0.05) is 13.2 Å². The van der Waals surface area contributed by atoms with Gasteiger partial charge in [0.15, 0.2) is 0 Å². The highest BCUT2D eigenvalue weighted by atomic mass is 16.5. The molecule has 2 unspecified atom stereocenters. The third kappa shape index (κ3) is 4.40. The fourth-order valence-electron chi connectivity index (χ4n) is 1.95. The van der Waals surface area contributed by atoms with E-state index in [1.807, 2.05) is 0 Å². The molecule has 3 heteroatoms. The molecule has 0 amide bonds. The van der Waals surface area contributed by atoms with Crippen LogP contribution in [0, 0.1) is 11.8 Å². The van der Waals surface area contributed by atoms with E-state index in [-0.39, 0.29) is 0 Å². The molecule has 0 aromatic heterocycles. The molecule has 0 aromatic rings. The Morgan fingerprint density at radius 3 is 3.00 bits per heavy atom. The molecule has 0 aromatic carbocycles. The number of nitrogens with one attached hydrogen (secondary N) is 1. The molecule has 84 valence electrons. The summed E-state index contributed by atoms with van der Waals surface area (Å²) in [7, 11) is 0. The second kappa shape index (κ2) is 7.21. The Morgan fingerprint density at radius 1 is 1.57 bits per heavy atom. The van der Waals surface area contributed by atoms with Gasteiger partial charge in [0.25, 0.3) is 0 Å². The van der Waals surface area contributed by atoms with Gasteiger partial charge < -0.3 is 15.8 Å². The van der Waals surface area contributed by atoms with Crippen molar-refractivity contribution in [2.45, 2.75) is 26.2 Å². The zero-order chi connectivity index (χ0) is 10.2. The molecule has 2 atom stereocenters. The lowest BCUT2D eigenvalue weighted by molar-refractivity contribution is 0.185. The summed E-state index contributed by atoms with van der Waals surface area (Å²) in [5.74, 6) is 1.39. The fourth-order valence-corrected chi connectivity index (χ4v) is 1.95. The third-order valence-electron chi connectivity index (χ3n) is 2.92. The summed E-state index contributed by atoms with van der Waals surface area (Å²) in [4.78, 5) is 0. The standard InChI is InChI=1S/C11H24N2O/c1-2-3-10(6-12)7-13-8-11-4-5-14-9-11/h10-11,13H,2-9,12H2,1H3. The minimum Gasteiger partial charge on any atom is -0.381 e. The lowest BCUT2D eigenvalue weighted by atomic mass is 10.0. The summed E-state index contributed by atoms with van der Waals surface area (Å²) in [5.41, 5.74) is 5.69. The van der Waals surface area contributed by atoms with Crippen LogP contribution >= 0.6 is 0 Å². The van der Waals surface area contributed by atoms with Crippen molar-refractivity contribution in [1.82, 2.24) is 5.32 Å². The predicted molar refractivity (Wildman–Crippen MR) is 59.2 cm³/mol. The summed E-state index contributed by atoms with van der Waals surface area (Å²) in [6.07, 6.45) is 3.69. The highest BCUT2D eigenvalue weighted by molar-refractivity contribution is 4.69. The summed E-state index contributed by atoms with van der Waals surface area (Å²) in [5, 5.41) is 3.50. The van der Waals surface area contributed by atoms with Gasteiger partial charge in [-0.05, 0) is 37.8 Å². The average Bonchev–Trinajstić information content (AvgIpc) is 2.69. The van der Waals surface area contributed by atoms with E-state index in [0.29, 0.717) is 5.92 Å². The zero-order valence-electron chi connectivity index (χ0n) is 9.30. The second-order valence-corrected chi connectivity index (χ2v) is 4.28. The van der Waals surface area contributed by atoms with Crippen LogP contribution in [-0.2, 0) is 4.74 Å². The van der Waals surface area contributed by atoms with E-state index in [9.17, 15) is 0 Å². The number of ether oxygens (including phenoxy) is 1. The van der Waals surface area contributed by atoms with Gasteiger partial charge in [-0.1, -0.05) is 13.3 Å². The van der Waals surface area contributed by atoms with Gasteiger partial charge in [0.05, 0.1) is 6.61 Å². The maximum atomic E-state index is 5.69. The van der Waals surface area contributed by atoms with Crippen LogP contribution in [0.3, 0.4) is 0 Å². The van der Waals surface area contributed by atoms with Gasteiger partial charge in [-0.2, -0.15) is 0 Å². The van der Waals surface area contributed by atoms with Crippen LogP contribution in [-0.4, -0.2) is 32.8 Å². The van der Waals surface area contributed by atoms with Crippen molar-refractivity contribution in [3.05, 3.63) is 0 Å². The van der Waals surface area contributed by atoms with Crippen LogP contribution in [0.5, 0.6) is 0 Å². The first kappa shape index (κ1) is 12.0. The monoisotopic (exact) mass is 200 g/mol. The van der Waals surface area contributed by atoms with Crippen LogP contribution in [0.15, 0.2) is 0 Å². The van der Waals surface area contributed by atoms with Crippen molar-refractivity contribution < 1.29 is 4.74 Å². The molecule has 1 aliphatic rings. The molecular formula is C11H24N2O. The van der Waals surface area contributed by atoms with Crippen LogP contribution in [0.25, 0.3) is 0 Å². The summed E-state index contributed by atoms with van der Waals surface area (Å²) >= 11 is 0. The Kier molecular flexibility index (Phi) is 6.15. The Hall–Kier alpha value is -0.120. The summed E-state index contributed by atoms with van der Waals surface area (Å²) < 4.78 is 5.32. The van der Waals surface area contributed by atoms with Crippen molar-refractivity contribution in [2.75, 3.05) is 32.8 Å². The van der Waals surface area contributed by atoms with Gasteiger partial charge in [-0.3, -0.25) is 0 Å². The molecule has 0 saturated carbocycles. The van der Waals surface area contributed by atoms with Gasteiger partial charge in [0.1, 0.15) is 0 Å². The first-order valence-corrected chi connectivity index (χ1v) is 5.85. The van der Waals surface area contributed by atoms with Gasteiger partial charge in [0.2, 0.25) is 0 Å². The number of hydrogen-bond donors (Lipinski definition) is 2. The molecule has 0 aliphatic carbocycles. The molecule has 14 heavy (non-hydrogen) atoms. The van der Waals surface area contributed by atoms with E-state index in [0.717, 1.165) is 38.8 Å². The first-order chi connectivity index (χ1) is 6.86. The molecule has 1 heterocycles. The lowest BCUT2D eigenvalue weighted by Gasteiger charge is -2.16. The molecule has 0 spiro atoms. The van der Waals surface area contributed by atoms with E-state index in [1.54, 1.807) is 0 Å². The zero-order valence-corrected chi connectivity index (χ0v) is 9.30. The normalized spacial score (nSPS) is 24.0. The lowest BCUT2D eigenvalue weighted by Crippen LogP contribution is -2.31. The Balaban J connectivity index is 2.00. The van der Waals surface area contributed by atoms with Crippen LogP contribution in [0.4, 0.5) is 0 Å². The summed E-state index contributed by atoms with van der Waals surface area (Å²) in [6, 6.07) is 0. The maximum Gasteiger partial charge on any atom is 0.0507 e. The second-order valence-electron chi connectivity index (χ2n) is 4.28. The van der Waals surface area contributed by atoms with Crippen LogP contribution in [0.2, 0.25) is 0 Å². The SMILES string of the molecule is CCCC(CN)CNCC1CCOC1. The fraction of sp³-hybridized carbons (Fsp3) is 1.00. The van der Waals surface area contributed by atoms with E-state index < -0.39 is 0 Å². The molecule has 1 aliphatic heterocycles. The van der Waals surface area contributed by atoms with Crippen molar-refractivity contribution in [3.63, 3.8) is 0 Å². The Bertz CT molecular complexity index is 135. The Morgan fingerprint density at radius 2 is 2.43 bits per heavy atom. The van der Waals surface area contributed by atoms with Crippen LogP contribution in [0.1, 0.15) is 26.2 Å². The van der Waals surface area contributed by atoms with E-state index >= 15 is 0 Å². The highest BCUT2D eigenvalue weighted by Crippen LogP contribution is 2.11. The van der Waals surface area contributed by atoms with Gasteiger partial charge in [-0.15, -0.1) is 0 Å². The largest absolute Gasteiger partial charge is 0.381 e. The molecule has 0 radical (unpaired) electrons. The third-order valence-corrected chi connectivity index (χ3v) is 2.92. The minimum atomic E-state index is 0.655. The maximum absolute atomic E-state index is 5.69. The smallest absolute Gasteiger partial charge is 0.0507 e. The summed E-state index contributed by atoms with van der Waals surface area (Å²) in [6.45, 7) is 7.08. The molecule has 3 nitrogen and oxygen atoms in total. The highest BCUT2D eigenvalue weighted by Gasteiger charge is 2.15.